The molecule has 1 aromatic rings. The summed E-state index contributed by atoms with van der Waals surface area (Å²) in [6.07, 6.45) is 10.3. The number of nitrogens with one attached hydrogen (secondary N) is 1. The molecule has 26 heavy (non-hydrogen) atoms. The maximum atomic E-state index is 6.31. The number of unbranched alkanes of at least 4 members (excludes halogenated alkanes) is 1. The summed E-state index contributed by atoms with van der Waals surface area (Å²) in [5.74, 6) is 1.68. The average Bonchev–Trinajstić information content (AvgIpc) is 3.40. The maximum Gasteiger partial charge on any atom is 0.162 e. The topological polar surface area (TPSA) is 49.0 Å². The van der Waals surface area contributed by atoms with E-state index in [1.165, 1.54) is 12.8 Å². The zero-order valence-electron chi connectivity index (χ0n) is 15.6. The third kappa shape index (κ3) is 3.84. The normalized spacial score (nSPS) is 25.5. The molecule has 1 saturated carbocycles. The van der Waals surface area contributed by atoms with E-state index in [0.717, 1.165) is 68.1 Å². The molecule has 2 fully saturated rings. The second kappa shape index (κ2) is 7.89. The van der Waals surface area contributed by atoms with E-state index in [1.54, 1.807) is 0 Å². The van der Waals surface area contributed by atoms with Crippen molar-refractivity contribution in [3.63, 3.8) is 0 Å². The van der Waals surface area contributed by atoms with E-state index in [4.69, 9.17) is 19.0 Å². The summed E-state index contributed by atoms with van der Waals surface area (Å²) in [7, 11) is 0. The van der Waals surface area contributed by atoms with Crippen LogP contribution in [-0.2, 0) is 9.57 Å². The van der Waals surface area contributed by atoms with Crippen LogP contribution in [-0.4, -0.2) is 31.5 Å². The van der Waals surface area contributed by atoms with Crippen molar-refractivity contribution in [2.75, 3.05) is 19.8 Å². The van der Waals surface area contributed by atoms with E-state index < -0.39 is 0 Å². The van der Waals surface area contributed by atoms with Gasteiger partial charge < -0.3 is 14.2 Å². The molecule has 1 spiro atoms. The lowest BCUT2D eigenvalue weighted by Gasteiger charge is -2.18. The smallest absolute Gasteiger partial charge is 0.162 e. The van der Waals surface area contributed by atoms with Gasteiger partial charge in [-0.1, -0.05) is 13.3 Å². The molecule has 5 nitrogen and oxygen atoms in total. The Balaban J connectivity index is 1.55. The summed E-state index contributed by atoms with van der Waals surface area (Å²) in [4.78, 5) is 5.81. The van der Waals surface area contributed by atoms with Crippen molar-refractivity contribution in [2.24, 2.45) is 0 Å². The lowest BCUT2D eigenvalue weighted by Crippen LogP contribution is -2.29. The van der Waals surface area contributed by atoms with Crippen molar-refractivity contribution >= 4 is 5.70 Å². The van der Waals surface area contributed by atoms with Gasteiger partial charge in [0.25, 0.3) is 0 Å². The zero-order valence-corrected chi connectivity index (χ0v) is 15.6. The number of hydrogen-bond acceptors (Lipinski definition) is 5. The van der Waals surface area contributed by atoms with Gasteiger partial charge >= 0.3 is 0 Å². The molecule has 1 atom stereocenters. The van der Waals surface area contributed by atoms with Crippen LogP contribution in [0.15, 0.2) is 24.3 Å². The first-order chi connectivity index (χ1) is 12.8. The molecular formula is C21H29NO4. The molecule has 2 heterocycles. The summed E-state index contributed by atoms with van der Waals surface area (Å²) >= 11 is 0. The quantitative estimate of drug-likeness (QED) is 0.739. The van der Waals surface area contributed by atoms with Crippen LogP contribution in [0.2, 0.25) is 0 Å². The summed E-state index contributed by atoms with van der Waals surface area (Å²) in [6.45, 7) is 4.24. The van der Waals surface area contributed by atoms with E-state index in [-0.39, 0.29) is 5.60 Å². The fourth-order valence-electron chi connectivity index (χ4n) is 3.78. The van der Waals surface area contributed by atoms with Gasteiger partial charge in [0, 0.05) is 18.6 Å². The van der Waals surface area contributed by atoms with Gasteiger partial charge in [-0.05, 0) is 56.4 Å². The highest BCUT2D eigenvalue weighted by Gasteiger charge is 2.39. The Bertz CT molecular complexity index is 645. The Hall–Kier alpha value is -1.72. The Labute approximate surface area is 155 Å². The summed E-state index contributed by atoms with van der Waals surface area (Å²) in [6, 6.07) is 6.17. The van der Waals surface area contributed by atoms with Crippen LogP contribution in [0.1, 0.15) is 57.4 Å². The fraction of sp³-hybridized carbons (Fsp3) is 0.619. The molecule has 4 rings (SSSR count). The van der Waals surface area contributed by atoms with Gasteiger partial charge in [-0.2, -0.15) is 0 Å². The Kier molecular flexibility index (Phi) is 5.36. The molecule has 1 aromatic carbocycles. The van der Waals surface area contributed by atoms with E-state index in [0.29, 0.717) is 12.7 Å². The molecule has 5 heteroatoms. The molecular weight excluding hydrogens is 330 g/mol. The van der Waals surface area contributed by atoms with Gasteiger partial charge in [0.05, 0.1) is 25.0 Å². The first kappa shape index (κ1) is 17.7. The lowest BCUT2D eigenvalue weighted by atomic mass is 10.0. The minimum Gasteiger partial charge on any atom is -0.490 e. The standard InChI is InChI=1S/C21H29NO4/c1-2-3-11-24-19-9-8-16(13-20(19)25-17-6-4-5-7-17)18-14-21(26-22-18)10-12-23-15-21/h8-9,13-14,17,22H,2-7,10-12,15H2,1H3. The minimum atomic E-state index is -0.321. The third-order valence-electron chi connectivity index (χ3n) is 5.39. The molecule has 1 unspecified atom stereocenters. The molecule has 0 aromatic heterocycles. The molecule has 1 aliphatic carbocycles. The highest BCUT2D eigenvalue weighted by Crippen LogP contribution is 2.37. The van der Waals surface area contributed by atoms with Crippen LogP contribution >= 0.6 is 0 Å². The van der Waals surface area contributed by atoms with Crippen molar-refractivity contribution < 1.29 is 19.0 Å². The van der Waals surface area contributed by atoms with Gasteiger partial charge in [0.1, 0.15) is 5.60 Å². The van der Waals surface area contributed by atoms with Crippen LogP contribution in [0.3, 0.4) is 0 Å². The van der Waals surface area contributed by atoms with Crippen LogP contribution < -0.4 is 15.0 Å². The summed E-state index contributed by atoms with van der Waals surface area (Å²) < 4.78 is 17.8. The predicted molar refractivity (Wildman–Crippen MR) is 100 cm³/mol. The Morgan fingerprint density at radius 2 is 2.12 bits per heavy atom. The van der Waals surface area contributed by atoms with E-state index in [9.17, 15) is 0 Å². The molecule has 1 N–H and O–H groups in total. The molecule has 0 amide bonds. The van der Waals surface area contributed by atoms with Crippen molar-refractivity contribution in [3.05, 3.63) is 29.8 Å². The van der Waals surface area contributed by atoms with Crippen LogP contribution in [0.5, 0.6) is 11.5 Å². The number of ether oxygens (including phenoxy) is 3. The van der Waals surface area contributed by atoms with E-state index in [1.807, 2.05) is 6.07 Å². The van der Waals surface area contributed by atoms with Gasteiger partial charge in [0.15, 0.2) is 11.5 Å². The fourth-order valence-corrected chi connectivity index (χ4v) is 3.78. The van der Waals surface area contributed by atoms with Crippen molar-refractivity contribution in [1.29, 1.82) is 0 Å². The minimum absolute atomic E-state index is 0.301. The highest BCUT2D eigenvalue weighted by atomic mass is 16.7. The number of hydroxylamine groups is 1. The first-order valence-corrected chi connectivity index (χ1v) is 9.96. The van der Waals surface area contributed by atoms with Gasteiger partial charge in [0.2, 0.25) is 0 Å². The molecule has 3 aliphatic rings. The van der Waals surface area contributed by atoms with Crippen molar-refractivity contribution in [1.82, 2.24) is 5.48 Å². The molecule has 142 valence electrons. The van der Waals surface area contributed by atoms with Gasteiger partial charge in [-0.15, -0.1) is 0 Å². The third-order valence-corrected chi connectivity index (χ3v) is 5.39. The summed E-state index contributed by atoms with van der Waals surface area (Å²) in [5, 5.41) is 0. The SMILES string of the molecule is CCCCOc1ccc(C2=CC3(CCOC3)ON2)cc1OC1CCCC1. The van der Waals surface area contributed by atoms with Crippen LogP contribution in [0.4, 0.5) is 0 Å². The van der Waals surface area contributed by atoms with Crippen molar-refractivity contribution in [3.8, 4) is 11.5 Å². The second-order valence-electron chi connectivity index (χ2n) is 7.52. The monoisotopic (exact) mass is 359 g/mol. The molecule has 0 radical (unpaired) electrons. The van der Waals surface area contributed by atoms with E-state index in [2.05, 4.69) is 30.6 Å². The molecule has 0 bridgehead atoms. The van der Waals surface area contributed by atoms with Gasteiger partial charge in [-0.3, -0.25) is 10.3 Å². The largest absolute Gasteiger partial charge is 0.490 e. The Morgan fingerprint density at radius 1 is 1.23 bits per heavy atom. The number of hydrogen-bond donors (Lipinski definition) is 1. The van der Waals surface area contributed by atoms with E-state index >= 15 is 0 Å². The predicted octanol–water partition coefficient (Wildman–Crippen LogP) is 4.22. The van der Waals surface area contributed by atoms with Crippen LogP contribution in [0.25, 0.3) is 5.70 Å². The second-order valence-corrected chi connectivity index (χ2v) is 7.52. The Morgan fingerprint density at radius 3 is 2.88 bits per heavy atom. The van der Waals surface area contributed by atoms with Crippen molar-refractivity contribution in [2.45, 2.75) is 63.6 Å². The van der Waals surface area contributed by atoms with Gasteiger partial charge in [-0.25, -0.2) is 0 Å². The number of benzene rings is 1. The van der Waals surface area contributed by atoms with Crippen LogP contribution in [0, 0.1) is 0 Å². The maximum absolute atomic E-state index is 6.31. The average molecular weight is 359 g/mol. The highest BCUT2D eigenvalue weighted by molar-refractivity contribution is 5.68. The first-order valence-electron chi connectivity index (χ1n) is 9.96. The molecule has 1 saturated heterocycles. The summed E-state index contributed by atoms with van der Waals surface area (Å²) in [5.41, 5.74) is 4.80. The molecule has 2 aliphatic heterocycles. The lowest BCUT2D eigenvalue weighted by molar-refractivity contribution is -0.0373. The number of rotatable bonds is 7. The zero-order chi connectivity index (χ0) is 17.8.